The van der Waals surface area contributed by atoms with Gasteiger partial charge in [0.25, 0.3) is 5.91 Å². The summed E-state index contributed by atoms with van der Waals surface area (Å²) in [6.07, 6.45) is -3.57. The fourth-order valence-corrected chi connectivity index (χ4v) is 5.52. The van der Waals surface area contributed by atoms with Crippen molar-refractivity contribution in [2.45, 2.75) is 30.5 Å². The van der Waals surface area contributed by atoms with Crippen molar-refractivity contribution in [2.24, 2.45) is 0 Å². The maximum atomic E-state index is 13.7. The number of amides is 1. The summed E-state index contributed by atoms with van der Waals surface area (Å²) in [4.78, 5) is 13.7. The highest BCUT2D eigenvalue weighted by atomic mass is 32.2. The van der Waals surface area contributed by atoms with Crippen LogP contribution in [0.15, 0.2) is 58.0 Å². The van der Waals surface area contributed by atoms with Gasteiger partial charge in [0.1, 0.15) is 5.82 Å². The molecule has 2 aliphatic heterocycles. The normalized spacial score (nSPS) is 17.5. The minimum Gasteiger partial charge on any atom is -0.347 e. The molecule has 0 bridgehead atoms. The third-order valence-corrected chi connectivity index (χ3v) is 6.93. The van der Waals surface area contributed by atoms with Crippen molar-refractivity contribution in [1.29, 1.82) is 0 Å². The summed E-state index contributed by atoms with van der Waals surface area (Å²) in [7, 11) is -4.29. The molecule has 2 aromatic carbocycles. The van der Waals surface area contributed by atoms with Gasteiger partial charge in [-0.15, -0.1) is 0 Å². The van der Waals surface area contributed by atoms with Gasteiger partial charge < -0.3 is 10.2 Å². The van der Waals surface area contributed by atoms with Crippen molar-refractivity contribution in [3.05, 3.63) is 70.0 Å². The van der Waals surface area contributed by atoms with E-state index in [0.29, 0.717) is 30.8 Å². The number of carbonyl (C=O) groups excluding carboxylic acids is 1. The van der Waals surface area contributed by atoms with Gasteiger partial charge in [-0.05, 0) is 48.7 Å². The minimum atomic E-state index is -4.53. The number of halogens is 4. The quantitative estimate of drug-likeness (QED) is 0.739. The number of hydrogen-bond donors (Lipinski definition) is 1. The molecule has 1 fully saturated rings. The summed E-state index contributed by atoms with van der Waals surface area (Å²) < 4.78 is 78.5. The monoisotopic (exact) mass is 440 g/mol. The van der Waals surface area contributed by atoms with Crippen molar-refractivity contribution >= 4 is 21.4 Å². The molecule has 0 atom stereocenters. The van der Waals surface area contributed by atoms with Crippen molar-refractivity contribution in [3.63, 3.8) is 0 Å². The van der Waals surface area contributed by atoms with E-state index >= 15 is 0 Å². The maximum Gasteiger partial charge on any atom is 0.416 e. The Hall–Kier alpha value is -2.88. The van der Waals surface area contributed by atoms with E-state index in [1.807, 2.05) is 0 Å². The first kappa shape index (κ1) is 20.4. The summed E-state index contributed by atoms with van der Waals surface area (Å²) in [5.74, 6) is -1.67. The molecule has 158 valence electrons. The van der Waals surface area contributed by atoms with Gasteiger partial charge in [0.05, 0.1) is 16.1 Å². The first-order valence-electron chi connectivity index (χ1n) is 9.09. The maximum absolute atomic E-state index is 13.7. The fraction of sp³-hybridized carbons (Fsp3) is 0.250. The number of rotatable bonds is 3. The van der Waals surface area contributed by atoms with E-state index in [2.05, 4.69) is 5.32 Å². The Labute approximate surface area is 169 Å². The van der Waals surface area contributed by atoms with E-state index < -0.39 is 38.2 Å². The van der Waals surface area contributed by atoms with Crippen LogP contribution in [0.5, 0.6) is 0 Å². The molecule has 10 heteroatoms. The summed E-state index contributed by atoms with van der Waals surface area (Å²) in [6.45, 7) is 0.193. The van der Waals surface area contributed by atoms with Crippen LogP contribution in [-0.4, -0.2) is 20.9 Å². The smallest absolute Gasteiger partial charge is 0.347 e. The Bertz CT molecular complexity index is 1170. The molecule has 2 aliphatic rings. The molecule has 0 saturated carbocycles. The largest absolute Gasteiger partial charge is 0.416 e. The van der Waals surface area contributed by atoms with Gasteiger partial charge in [-0.1, -0.05) is 12.1 Å². The molecule has 1 amide bonds. The van der Waals surface area contributed by atoms with E-state index in [0.717, 1.165) is 24.3 Å². The van der Waals surface area contributed by atoms with E-state index in [9.17, 15) is 30.8 Å². The predicted molar refractivity (Wildman–Crippen MR) is 100 cm³/mol. The van der Waals surface area contributed by atoms with Gasteiger partial charge in [0, 0.05) is 18.8 Å². The number of allylic oxidation sites excluding steroid dienone is 1. The molecule has 0 spiro atoms. The van der Waals surface area contributed by atoms with Crippen LogP contribution in [-0.2, 0) is 27.4 Å². The number of sulfone groups is 1. The lowest BCUT2D eigenvalue weighted by Crippen LogP contribution is -2.35. The summed E-state index contributed by atoms with van der Waals surface area (Å²) in [5.41, 5.74) is -0.0615. The number of anilines is 1. The zero-order chi connectivity index (χ0) is 21.7. The second-order valence-electron chi connectivity index (χ2n) is 7.03. The Kier molecular flexibility index (Phi) is 4.84. The predicted octanol–water partition coefficient (Wildman–Crippen LogP) is 3.76. The molecule has 1 saturated heterocycles. The van der Waals surface area contributed by atoms with Crippen molar-refractivity contribution in [2.75, 3.05) is 11.4 Å². The molecule has 0 unspecified atom stereocenters. The Morgan fingerprint density at radius 3 is 2.63 bits per heavy atom. The van der Waals surface area contributed by atoms with Gasteiger partial charge in [-0.25, -0.2) is 12.8 Å². The van der Waals surface area contributed by atoms with E-state index in [1.165, 1.54) is 18.2 Å². The Morgan fingerprint density at radius 1 is 1.13 bits per heavy atom. The molecule has 4 rings (SSSR count). The van der Waals surface area contributed by atoms with Crippen molar-refractivity contribution in [3.8, 4) is 0 Å². The van der Waals surface area contributed by atoms with Gasteiger partial charge >= 0.3 is 6.18 Å². The number of nitrogens with one attached hydrogen (secondary N) is 1. The van der Waals surface area contributed by atoms with E-state index in [1.54, 1.807) is 4.90 Å². The summed E-state index contributed by atoms with van der Waals surface area (Å²) in [5, 5.41) is 2.40. The van der Waals surface area contributed by atoms with Crippen LogP contribution < -0.4 is 10.2 Å². The molecular weight excluding hydrogens is 424 g/mol. The SMILES string of the molecule is O=C(NCc1cccc(C(F)(F)F)c1)C1=C2CCCN2c2ccc(F)cc2S1(=O)=O. The van der Waals surface area contributed by atoms with Gasteiger partial charge in [-0.2, -0.15) is 13.2 Å². The van der Waals surface area contributed by atoms with Crippen LogP contribution in [0.1, 0.15) is 24.0 Å². The molecule has 1 N–H and O–H groups in total. The Balaban J connectivity index is 1.66. The third kappa shape index (κ3) is 3.45. The molecule has 5 nitrogen and oxygen atoms in total. The average Bonchev–Trinajstić information content (AvgIpc) is 3.15. The number of alkyl halides is 3. The van der Waals surface area contributed by atoms with Gasteiger partial charge in [0.2, 0.25) is 9.84 Å². The highest BCUT2D eigenvalue weighted by Crippen LogP contribution is 2.43. The topological polar surface area (TPSA) is 66.5 Å². The van der Waals surface area contributed by atoms with Crippen LogP contribution >= 0.6 is 0 Å². The third-order valence-electron chi connectivity index (χ3n) is 5.07. The van der Waals surface area contributed by atoms with E-state index in [4.69, 9.17) is 0 Å². The lowest BCUT2D eigenvalue weighted by molar-refractivity contribution is -0.137. The standard InChI is InChI=1S/C20H16F4N2O3S/c21-14-6-7-15-17(10-14)30(28,29)18(16-5-2-8-26(15)16)19(27)25-11-12-3-1-4-13(9-12)20(22,23)24/h1,3-4,6-7,9-10H,2,5,8,11H2,(H,25,27). The molecule has 2 heterocycles. The molecule has 0 aliphatic carbocycles. The van der Waals surface area contributed by atoms with Gasteiger partial charge in [-0.3, -0.25) is 4.79 Å². The van der Waals surface area contributed by atoms with Crippen molar-refractivity contribution in [1.82, 2.24) is 5.32 Å². The van der Waals surface area contributed by atoms with Crippen LogP contribution in [0.4, 0.5) is 23.2 Å². The van der Waals surface area contributed by atoms with Crippen LogP contribution in [0.2, 0.25) is 0 Å². The first-order valence-corrected chi connectivity index (χ1v) is 10.6. The van der Waals surface area contributed by atoms with Crippen LogP contribution in [0.3, 0.4) is 0 Å². The molecule has 2 aromatic rings. The number of carbonyl (C=O) groups is 1. The highest BCUT2D eigenvalue weighted by molar-refractivity contribution is 7.96. The zero-order valence-electron chi connectivity index (χ0n) is 15.5. The zero-order valence-corrected chi connectivity index (χ0v) is 16.3. The number of nitrogens with zero attached hydrogens (tertiary/aromatic N) is 1. The number of benzene rings is 2. The number of fused-ring (bicyclic) bond motifs is 3. The molecular formula is C20H16F4N2O3S. The Morgan fingerprint density at radius 2 is 1.90 bits per heavy atom. The molecule has 30 heavy (non-hydrogen) atoms. The minimum absolute atomic E-state index is 0.173. The molecule has 0 radical (unpaired) electrons. The lowest BCUT2D eigenvalue weighted by Gasteiger charge is -2.30. The number of hydrogen-bond acceptors (Lipinski definition) is 4. The van der Waals surface area contributed by atoms with E-state index in [-0.39, 0.29) is 17.0 Å². The first-order chi connectivity index (χ1) is 14.1. The van der Waals surface area contributed by atoms with Gasteiger partial charge in [0.15, 0.2) is 4.91 Å². The summed E-state index contributed by atoms with van der Waals surface area (Å²) >= 11 is 0. The van der Waals surface area contributed by atoms with Crippen LogP contribution in [0.25, 0.3) is 0 Å². The average molecular weight is 440 g/mol. The lowest BCUT2D eigenvalue weighted by atomic mass is 10.1. The van der Waals surface area contributed by atoms with Crippen LogP contribution in [0, 0.1) is 5.82 Å². The molecule has 0 aromatic heterocycles. The summed E-state index contributed by atoms with van der Waals surface area (Å²) in [6, 6.07) is 7.80. The van der Waals surface area contributed by atoms with Crippen molar-refractivity contribution < 1.29 is 30.8 Å². The fourth-order valence-electron chi connectivity index (χ4n) is 3.74. The second kappa shape index (κ2) is 7.12. The second-order valence-corrected chi connectivity index (χ2v) is 8.88. The highest BCUT2D eigenvalue weighted by Gasteiger charge is 2.42.